The molecule has 0 aromatic carbocycles. The van der Waals surface area contributed by atoms with Gasteiger partial charge in [-0.05, 0) is 45.1 Å². The Morgan fingerprint density at radius 2 is 1.92 bits per heavy atom. The van der Waals surface area contributed by atoms with Crippen molar-refractivity contribution in [2.24, 2.45) is 11.8 Å². The molecule has 3 heterocycles. The summed E-state index contributed by atoms with van der Waals surface area (Å²) in [6.07, 6.45) is 8.09. The van der Waals surface area contributed by atoms with Crippen LogP contribution in [0.15, 0.2) is 11.6 Å². The quantitative estimate of drug-likeness (QED) is 0.852. The van der Waals surface area contributed by atoms with E-state index >= 15 is 0 Å². The smallest absolute Gasteiger partial charge is 0.225 e. The zero-order valence-electron chi connectivity index (χ0n) is 15.2. The monoisotopic (exact) mass is 376 g/mol. The van der Waals surface area contributed by atoms with Gasteiger partial charge in [0.05, 0.1) is 12.5 Å². The van der Waals surface area contributed by atoms with Crippen molar-refractivity contribution >= 4 is 23.2 Å². The van der Waals surface area contributed by atoms with Gasteiger partial charge in [0.2, 0.25) is 11.8 Å². The number of carbonyl (C=O) groups excluding carboxylic acids is 2. The second-order valence-corrected chi connectivity index (χ2v) is 8.79. The van der Waals surface area contributed by atoms with Gasteiger partial charge in [-0.1, -0.05) is 0 Å². The largest absolute Gasteiger partial charge is 0.349 e. The van der Waals surface area contributed by atoms with Crippen LogP contribution in [0.2, 0.25) is 0 Å². The molecule has 2 amide bonds. The lowest BCUT2D eigenvalue weighted by Gasteiger charge is -2.42. The van der Waals surface area contributed by atoms with Crippen LogP contribution in [0.5, 0.6) is 0 Å². The molecule has 4 rings (SSSR count). The highest BCUT2D eigenvalue weighted by Crippen LogP contribution is 2.32. The molecule has 1 aromatic rings. The lowest BCUT2D eigenvalue weighted by molar-refractivity contribution is -0.134. The Hall–Kier alpha value is -1.47. The van der Waals surface area contributed by atoms with Crippen LogP contribution >= 0.6 is 11.3 Å². The van der Waals surface area contributed by atoms with Crippen molar-refractivity contribution in [3.05, 3.63) is 16.6 Å². The van der Waals surface area contributed by atoms with Crippen LogP contribution in [0.4, 0.5) is 0 Å². The topological polar surface area (TPSA) is 65.5 Å². The number of hydrogen-bond donors (Lipinski definition) is 1. The Labute approximate surface area is 159 Å². The van der Waals surface area contributed by atoms with Crippen LogP contribution in [0.1, 0.15) is 43.5 Å². The summed E-state index contributed by atoms with van der Waals surface area (Å²) in [6, 6.07) is 0.521. The number of likely N-dealkylation sites (tertiary alicyclic amines) is 2. The van der Waals surface area contributed by atoms with E-state index in [1.165, 1.54) is 0 Å². The van der Waals surface area contributed by atoms with E-state index in [4.69, 9.17) is 0 Å². The van der Waals surface area contributed by atoms with Crippen LogP contribution in [0.25, 0.3) is 0 Å². The summed E-state index contributed by atoms with van der Waals surface area (Å²) >= 11 is 1.58. The fraction of sp³-hybridized carbons (Fsp3) is 0.737. The number of amides is 2. The van der Waals surface area contributed by atoms with Gasteiger partial charge in [-0.25, -0.2) is 4.98 Å². The van der Waals surface area contributed by atoms with Gasteiger partial charge in [-0.15, -0.1) is 11.3 Å². The Bertz CT molecular complexity index is 623. The average Bonchev–Trinajstić information content (AvgIpc) is 3.41. The van der Waals surface area contributed by atoms with Gasteiger partial charge in [-0.2, -0.15) is 0 Å². The summed E-state index contributed by atoms with van der Waals surface area (Å²) in [5, 5.41) is 5.94. The molecule has 26 heavy (non-hydrogen) atoms. The van der Waals surface area contributed by atoms with Crippen molar-refractivity contribution in [2.75, 3.05) is 26.2 Å². The molecule has 1 aromatic heterocycles. The van der Waals surface area contributed by atoms with Crippen LogP contribution in [0, 0.1) is 11.8 Å². The molecule has 0 radical (unpaired) electrons. The molecule has 3 fully saturated rings. The van der Waals surface area contributed by atoms with Gasteiger partial charge in [0.1, 0.15) is 5.01 Å². The van der Waals surface area contributed by atoms with Crippen molar-refractivity contribution in [3.63, 3.8) is 0 Å². The highest BCUT2D eigenvalue weighted by Gasteiger charge is 2.37. The van der Waals surface area contributed by atoms with Gasteiger partial charge < -0.3 is 10.2 Å². The summed E-state index contributed by atoms with van der Waals surface area (Å²) in [5.74, 6) is 0.940. The van der Waals surface area contributed by atoms with Crippen molar-refractivity contribution in [1.29, 1.82) is 0 Å². The molecular weight excluding hydrogens is 348 g/mol. The van der Waals surface area contributed by atoms with Crippen molar-refractivity contribution in [2.45, 2.75) is 51.1 Å². The molecule has 1 saturated carbocycles. The summed E-state index contributed by atoms with van der Waals surface area (Å²) in [6.45, 7) is 4.24. The molecule has 142 valence electrons. The minimum absolute atomic E-state index is 0.0786. The van der Waals surface area contributed by atoms with Crippen molar-refractivity contribution in [3.8, 4) is 0 Å². The van der Waals surface area contributed by atoms with E-state index < -0.39 is 0 Å². The van der Waals surface area contributed by atoms with Crippen molar-refractivity contribution < 1.29 is 9.59 Å². The Morgan fingerprint density at radius 3 is 2.62 bits per heavy atom. The standard InChI is InChI=1S/C19H28N4O2S/c24-18(21-12-17-20-7-11-26-17)15-2-1-8-23(13-15)16-5-9-22(10-6-16)19(25)14-3-4-14/h7,11,14-16H,1-6,8-10,12-13H2,(H,21,24)/t15-/m1/s1. The van der Waals surface area contributed by atoms with Crippen LogP contribution in [0.3, 0.4) is 0 Å². The SMILES string of the molecule is O=C(NCc1nccs1)[C@@H]1CCCN(C2CCN(C(=O)C3CC3)CC2)C1. The summed E-state index contributed by atoms with van der Waals surface area (Å²) in [4.78, 5) is 33.5. The molecule has 0 unspecified atom stereocenters. The summed E-state index contributed by atoms with van der Waals surface area (Å²) in [7, 11) is 0. The number of hydrogen-bond acceptors (Lipinski definition) is 5. The number of piperidine rings is 2. The van der Waals surface area contributed by atoms with E-state index in [0.29, 0.717) is 24.4 Å². The van der Waals surface area contributed by atoms with E-state index in [1.807, 2.05) is 5.38 Å². The number of rotatable bonds is 5. The number of nitrogens with one attached hydrogen (secondary N) is 1. The summed E-state index contributed by atoms with van der Waals surface area (Å²) in [5.41, 5.74) is 0. The molecule has 0 spiro atoms. The number of nitrogens with zero attached hydrogens (tertiary/aromatic N) is 3. The van der Waals surface area contributed by atoms with Crippen LogP contribution in [-0.2, 0) is 16.1 Å². The predicted molar refractivity (Wildman–Crippen MR) is 101 cm³/mol. The molecule has 2 aliphatic heterocycles. The van der Waals surface area contributed by atoms with Gasteiger partial charge in [0.15, 0.2) is 0 Å². The third-order valence-electron chi connectivity index (χ3n) is 5.94. The maximum absolute atomic E-state index is 12.5. The predicted octanol–water partition coefficient (Wildman–Crippen LogP) is 1.87. The Morgan fingerprint density at radius 1 is 1.12 bits per heavy atom. The van der Waals surface area contributed by atoms with E-state index in [-0.39, 0.29) is 11.8 Å². The first-order valence-electron chi connectivity index (χ1n) is 9.89. The Kier molecular flexibility index (Phi) is 5.55. The molecule has 1 aliphatic carbocycles. The number of carbonyl (C=O) groups is 2. The number of aromatic nitrogens is 1. The molecule has 6 nitrogen and oxygen atoms in total. The lowest BCUT2D eigenvalue weighted by atomic mass is 9.93. The minimum Gasteiger partial charge on any atom is -0.349 e. The first kappa shape index (κ1) is 17.9. The third kappa shape index (κ3) is 4.26. The number of thiazole rings is 1. The minimum atomic E-state index is 0.0786. The molecular formula is C19H28N4O2S. The van der Waals surface area contributed by atoms with Crippen LogP contribution < -0.4 is 5.32 Å². The molecule has 3 aliphatic rings. The van der Waals surface area contributed by atoms with Crippen LogP contribution in [-0.4, -0.2) is 58.8 Å². The molecule has 1 atom stereocenters. The maximum Gasteiger partial charge on any atom is 0.225 e. The van der Waals surface area contributed by atoms with Gasteiger partial charge in [0, 0.05) is 43.2 Å². The second-order valence-electron chi connectivity index (χ2n) is 7.81. The Balaban J connectivity index is 1.24. The van der Waals surface area contributed by atoms with Gasteiger partial charge >= 0.3 is 0 Å². The average molecular weight is 377 g/mol. The van der Waals surface area contributed by atoms with Crippen molar-refractivity contribution in [1.82, 2.24) is 20.1 Å². The highest BCUT2D eigenvalue weighted by atomic mass is 32.1. The lowest BCUT2D eigenvalue weighted by Crippen LogP contribution is -2.51. The second kappa shape index (κ2) is 8.05. The normalized spacial score (nSPS) is 25.2. The van der Waals surface area contributed by atoms with E-state index in [2.05, 4.69) is 20.1 Å². The zero-order chi connectivity index (χ0) is 17.9. The summed E-state index contributed by atoms with van der Waals surface area (Å²) < 4.78 is 0. The fourth-order valence-electron chi connectivity index (χ4n) is 4.24. The first-order chi connectivity index (χ1) is 12.7. The highest BCUT2D eigenvalue weighted by molar-refractivity contribution is 7.09. The van der Waals surface area contributed by atoms with Gasteiger partial charge in [-0.3, -0.25) is 14.5 Å². The maximum atomic E-state index is 12.5. The fourth-order valence-corrected chi connectivity index (χ4v) is 4.80. The molecule has 2 saturated heterocycles. The van der Waals surface area contributed by atoms with E-state index in [0.717, 1.165) is 69.7 Å². The third-order valence-corrected chi connectivity index (χ3v) is 6.72. The van der Waals surface area contributed by atoms with E-state index in [9.17, 15) is 9.59 Å². The van der Waals surface area contributed by atoms with Gasteiger partial charge in [0.25, 0.3) is 0 Å². The molecule has 0 bridgehead atoms. The zero-order valence-corrected chi connectivity index (χ0v) is 16.0. The first-order valence-corrected chi connectivity index (χ1v) is 10.8. The van der Waals surface area contributed by atoms with E-state index in [1.54, 1.807) is 17.5 Å². The molecule has 1 N–H and O–H groups in total. The molecule has 7 heteroatoms.